The van der Waals surface area contributed by atoms with Gasteiger partial charge < -0.3 is 19.2 Å². The molecule has 2 atom stereocenters. The summed E-state index contributed by atoms with van der Waals surface area (Å²) in [5, 5.41) is 11.6. The summed E-state index contributed by atoms with van der Waals surface area (Å²) in [5.41, 5.74) is 0.303. The second kappa shape index (κ2) is 7.00. The summed E-state index contributed by atoms with van der Waals surface area (Å²) in [6.45, 7) is 2.96. The largest absolute Gasteiger partial charge is 0.484 e. The molecule has 2 aromatic rings. The third-order valence-corrected chi connectivity index (χ3v) is 6.07. The topological polar surface area (TPSA) is 80.0 Å². The highest BCUT2D eigenvalue weighted by molar-refractivity contribution is 5.81. The van der Waals surface area contributed by atoms with Gasteiger partial charge in [0.05, 0.1) is 5.60 Å². The molecule has 1 saturated carbocycles. The van der Waals surface area contributed by atoms with Gasteiger partial charge in [0.15, 0.2) is 6.61 Å². The molecule has 1 aromatic carbocycles. The summed E-state index contributed by atoms with van der Waals surface area (Å²) in [6, 6.07) is 6.71. The number of carbonyl (C=O) groups excluding carboxylic acids is 1. The summed E-state index contributed by atoms with van der Waals surface area (Å²) in [4.78, 5) is 25.9. The standard InChI is InChI=1S/C21H25NO5/c1-14-10-20(24)27-18-11-16(5-6-17(14)18)26-13-19(23)22-9-8-21(25)7-3-2-4-15(21)12-22/h5-6,10-11,15,25H,2-4,7-9,12-13H2,1H3/t15-,21-/m0/s1. The van der Waals surface area contributed by atoms with Crippen LogP contribution in [0.2, 0.25) is 0 Å². The Morgan fingerprint density at radius 3 is 3.04 bits per heavy atom. The number of fused-ring (bicyclic) bond motifs is 2. The number of ether oxygens (including phenoxy) is 1. The predicted octanol–water partition coefficient (Wildman–Crippen LogP) is 2.63. The van der Waals surface area contributed by atoms with Gasteiger partial charge in [0.25, 0.3) is 5.91 Å². The number of aryl methyl sites for hydroxylation is 1. The number of benzene rings is 1. The van der Waals surface area contributed by atoms with Crippen molar-refractivity contribution in [2.75, 3.05) is 19.7 Å². The number of rotatable bonds is 3. The molecule has 6 nitrogen and oxygen atoms in total. The molecule has 0 radical (unpaired) electrons. The van der Waals surface area contributed by atoms with E-state index < -0.39 is 11.2 Å². The van der Waals surface area contributed by atoms with Crippen molar-refractivity contribution < 1.29 is 19.1 Å². The first-order chi connectivity index (χ1) is 12.9. The molecule has 1 aliphatic carbocycles. The van der Waals surface area contributed by atoms with E-state index in [9.17, 15) is 14.7 Å². The number of likely N-dealkylation sites (tertiary alicyclic amines) is 1. The second-order valence-electron chi connectivity index (χ2n) is 7.83. The number of hydrogen-bond acceptors (Lipinski definition) is 5. The van der Waals surface area contributed by atoms with Crippen LogP contribution in [0.4, 0.5) is 0 Å². The second-order valence-corrected chi connectivity index (χ2v) is 7.83. The molecular weight excluding hydrogens is 346 g/mol. The lowest BCUT2D eigenvalue weighted by Gasteiger charge is -2.47. The summed E-state index contributed by atoms with van der Waals surface area (Å²) in [5.74, 6) is 0.589. The molecule has 2 heterocycles. The van der Waals surface area contributed by atoms with Crippen molar-refractivity contribution in [3.05, 3.63) is 40.2 Å². The molecule has 1 N–H and O–H groups in total. The first-order valence-electron chi connectivity index (χ1n) is 9.62. The Kier molecular flexibility index (Phi) is 4.68. The van der Waals surface area contributed by atoms with Crippen molar-refractivity contribution in [1.82, 2.24) is 4.90 Å². The van der Waals surface area contributed by atoms with E-state index in [1.807, 2.05) is 13.0 Å². The van der Waals surface area contributed by atoms with Gasteiger partial charge in [-0.3, -0.25) is 4.79 Å². The summed E-state index contributed by atoms with van der Waals surface area (Å²) in [7, 11) is 0. The van der Waals surface area contributed by atoms with Gasteiger partial charge >= 0.3 is 5.63 Å². The molecule has 2 aliphatic rings. The lowest BCUT2D eigenvalue weighted by molar-refractivity contribution is -0.145. The van der Waals surface area contributed by atoms with E-state index in [-0.39, 0.29) is 18.4 Å². The molecule has 6 heteroatoms. The molecule has 0 bridgehead atoms. The van der Waals surface area contributed by atoms with Gasteiger partial charge in [0, 0.05) is 36.5 Å². The summed E-state index contributed by atoms with van der Waals surface area (Å²) in [6.07, 6.45) is 4.65. The van der Waals surface area contributed by atoms with Crippen molar-refractivity contribution in [1.29, 1.82) is 0 Å². The maximum Gasteiger partial charge on any atom is 0.336 e. The Morgan fingerprint density at radius 1 is 1.33 bits per heavy atom. The Labute approximate surface area is 157 Å². The number of amides is 1. The number of hydrogen-bond donors (Lipinski definition) is 1. The zero-order valence-electron chi connectivity index (χ0n) is 15.6. The molecule has 2 fully saturated rings. The van der Waals surface area contributed by atoms with Gasteiger partial charge in [-0.15, -0.1) is 0 Å². The fourth-order valence-electron chi connectivity index (χ4n) is 4.43. The molecule has 27 heavy (non-hydrogen) atoms. The van der Waals surface area contributed by atoms with Crippen molar-refractivity contribution in [2.45, 2.75) is 44.6 Å². The minimum absolute atomic E-state index is 0.0628. The maximum atomic E-state index is 12.6. The molecule has 1 aromatic heterocycles. The van der Waals surface area contributed by atoms with Gasteiger partial charge in [0.1, 0.15) is 11.3 Å². The third kappa shape index (κ3) is 3.58. The smallest absolute Gasteiger partial charge is 0.336 e. The normalized spacial score (nSPS) is 25.3. The van der Waals surface area contributed by atoms with Crippen LogP contribution in [0.15, 0.2) is 33.5 Å². The Morgan fingerprint density at radius 2 is 2.19 bits per heavy atom. The van der Waals surface area contributed by atoms with Crippen LogP contribution in [-0.4, -0.2) is 41.2 Å². The Balaban J connectivity index is 1.41. The van der Waals surface area contributed by atoms with Gasteiger partial charge in [-0.05, 0) is 43.9 Å². The SMILES string of the molecule is Cc1cc(=O)oc2cc(OCC(=O)N3CC[C@@]4(O)CCCC[C@H]4C3)ccc12. The number of carbonyl (C=O) groups is 1. The summed E-state index contributed by atoms with van der Waals surface area (Å²) < 4.78 is 10.9. The van der Waals surface area contributed by atoms with E-state index >= 15 is 0 Å². The number of piperidine rings is 1. The van der Waals surface area contributed by atoms with Gasteiger partial charge in [-0.2, -0.15) is 0 Å². The van der Waals surface area contributed by atoms with Crippen LogP contribution in [0.5, 0.6) is 5.75 Å². The fourth-order valence-corrected chi connectivity index (χ4v) is 4.43. The van der Waals surface area contributed by atoms with E-state index in [2.05, 4.69) is 0 Å². The molecule has 1 saturated heterocycles. The minimum Gasteiger partial charge on any atom is -0.484 e. The molecule has 1 aliphatic heterocycles. The first-order valence-corrected chi connectivity index (χ1v) is 9.62. The van der Waals surface area contributed by atoms with Crippen molar-refractivity contribution in [3.63, 3.8) is 0 Å². The average Bonchev–Trinajstić information content (AvgIpc) is 2.64. The van der Waals surface area contributed by atoms with E-state index in [1.165, 1.54) is 6.07 Å². The fraction of sp³-hybridized carbons (Fsp3) is 0.524. The van der Waals surface area contributed by atoms with Crippen LogP contribution in [0.25, 0.3) is 11.0 Å². The van der Waals surface area contributed by atoms with Crippen LogP contribution in [-0.2, 0) is 4.79 Å². The molecule has 0 spiro atoms. The zero-order chi connectivity index (χ0) is 19.0. The predicted molar refractivity (Wildman–Crippen MR) is 101 cm³/mol. The highest BCUT2D eigenvalue weighted by Crippen LogP contribution is 2.39. The molecule has 0 unspecified atom stereocenters. The van der Waals surface area contributed by atoms with Crippen molar-refractivity contribution in [3.8, 4) is 5.75 Å². The zero-order valence-corrected chi connectivity index (χ0v) is 15.6. The molecule has 4 rings (SSSR count). The van der Waals surface area contributed by atoms with Gasteiger partial charge in [0.2, 0.25) is 0 Å². The van der Waals surface area contributed by atoms with Crippen LogP contribution in [0, 0.1) is 12.8 Å². The first kappa shape index (κ1) is 18.0. The highest BCUT2D eigenvalue weighted by atomic mass is 16.5. The van der Waals surface area contributed by atoms with Gasteiger partial charge in [-0.1, -0.05) is 12.8 Å². The van der Waals surface area contributed by atoms with E-state index in [0.29, 0.717) is 30.8 Å². The van der Waals surface area contributed by atoms with Crippen LogP contribution in [0.3, 0.4) is 0 Å². The monoisotopic (exact) mass is 371 g/mol. The van der Waals surface area contributed by atoms with Crippen molar-refractivity contribution in [2.24, 2.45) is 5.92 Å². The quantitative estimate of drug-likeness (QED) is 0.839. The highest BCUT2D eigenvalue weighted by Gasteiger charge is 2.43. The summed E-state index contributed by atoms with van der Waals surface area (Å²) >= 11 is 0. The van der Waals surface area contributed by atoms with Crippen LogP contribution >= 0.6 is 0 Å². The number of nitrogens with zero attached hydrogens (tertiary/aromatic N) is 1. The average molecular weight is 371 g/mol. The third-order valence-electron chi connectivity index (χ3n) is 6.07. The maximum absolute atomic E-state index is 12.6. The lowest BCUT2D eigenvalue weighted by atomic mass is 9.71. The number of aliphatic hydroxyl groups is 1. The van der Waals surface area contributed by atoms with E-state index in [0.717, 1.165) is 36.6 Å². The van der Waals surface area contributed by atoms with Crippen LogP contribution in [0.1, 0.15) is 37.7 Å². The molecule has 144 valence electrons. The van der Waals surface area contributed by atoms with E-state index in [1.54, 1.807) is 17.0 Å². The van der Waals surface area contributed by atoms with Gasteiger partial charge in [-0.25, -0.2) is 4.79 Å². The minimum atomic E-state index is -0.594. The lowest BCUT2D eigenvalue weighted by Crippen LogP contribution is -2.55. The van der Waals surface area contributed by atoms with E-state index in [4.69, 9.17) is 9.15 Å². The molecular formula is C21H25NO5. The Hall–Kier alpha value is -2.34. The van der Waals surface area contributed by atoms with Crippen molar-refractivity contribution >= 4 is 16.9 Å². The molecule has 1 amide bonds. The Bertz CT molecular complexity index is 920. The van der Waals surface area contributed by atoms with Crippen LogP contribution < -0.4 is 10.4 Å².